The number of rotatable bonds is 9. The Morgan fingerprint density at radius 1 is 1.06 bits per heavy atom. The molecule has 32 heavy (non-hydrogen) atoms. The van der Waals surface area contributed by atoms with Crippen LogP contribution in [0, 0.1) is 0 Å². The average Bonchev–Trinajstić information content (AvgIpc) is 3.24. The van der Waals surface area contributed by atoms with Crippen LogP contribution in [-0.2, 0) is 14.3 Å². The van der Waals surface area contributed by atoms with Crippen LogP contribution in [0.4, 0.5) is 5.13 Å². The molecule has 0 saturated carbocycles. The van der Waals surface area contributed by atoms with Crippen LogP contribution in [-0.4, -0.2) is 56.7 Å². The highest BCUT2D eigenvalue weighted by Crippen LogP contribution is 2.29. The summed E-state index contributed by atoms with van der Waals surface area (Å²) in [4.78, 5) is 42.8. The molecule has 0 atom stereocenters. The van der Waals surface area contributed by atoms with Gasteiger partial charge < -0.3 is 19.5 Å². The molecule has 3 rings (SSSR count). The predicted octanol–water partition coefficient (Wildman–Crippen LogP) is 2.64. The van der Waals surface area contributed by atoms with E-state index in [-0.39, 0.29) is 6.54 Å². The fourth-order valence-electron chi connectivity index (χ4n) is 2.90. The van der Waals surface area contributed by atoms with Crippen LogP contribution in [0.5, 0.6) is 11.5 Å². The number of thiazole rings is 1. The number of carbonyl (C=O) groups excluding carboxylic acids is 3. The molecule has 0 aliphatic heterocycles. The summed E-state index contributed by atoms with van der Waals surface area (Å²) in [5.41, 5.74) is 1.09. The van der Waals surface area contributed by atoms with Crippen LogP contribution in [0.1, 0.15) is 17.3 Å². The maximum Gasteiger partial charge on any atom is 0.325 e. The fraction of sp³-hybridized carbons (Fsp3) is 0.273. The SMILES string of the molecule is CCN(C(=O)COC(=O)CNC(=O)c1ccc(OC)c(OC)c1)c1nc2ccccc2s1. The van der Waals surface area contributed by atoms with E-state index >= 15 is 0 Å². The summed E-state index contributed by atoms with van der Waals surface area (Å²) in [5.74, 6) is -0.740. The van der Waals surface area contributed by atoms with E-state index < -0.39 is 24.4 Å². The summed E-state index contributed by atoms with van der Waals surface area (Å²) in [6, 6.07) is 12.2. The number of carbonyl (C=O) groups is 3. The third kappa shape index (κ3) is 5.33. The number of anilines is 1. The van der Waals surface area contributed by atoms with Crippen LogP contribution < -0.4 is 19.7 Å². The number of ether oxygens (including phenoxy) is 3. The highest BCUT2D eigenvalue weighted by molar-refractivity contribution is 7.22. The number of nitrogens with one attached hydrogen (secondary N) is 1. The lowest BCUT2D eigenvalue weighted by atomic mass is 10.2. The molecule has 2 amide bonds. The van der Waals surface area contributed by atoms with Gasteiger partial charge in [-0.05, 0) is 37.3 Å². The van der Waals surface area contributed by atoms with Crippen molar-refractivity contribution in [3.63, 3.8) is 0 Å². The molecule has 10 heteroatoms. The Hall–Kier alpha value is -3.66. The first kappa shape index (κ1) is 23.0. The van der Waals surface area contributed by atoms with Crippen molar-refractivity contribution in [2.75, 3.05) is 38.8 Å². The molecule has 168 valence electrons. The number of amides is 2. The molecule has 0 fully saturated rings. The van der Waals surface area contributed by atoms with Gasteiger partial charge >= 0.3 is 5.97 Å². The van der Waals surface area contributed by atoms with E-state index in [9.17, 15) is 14.4 Å². The quantitative estimate of drug-likeness (QED) is 0.492. The molecule has 0 radical (unpaired) electrons. The number of nitrogens with zero attached hydrogens (tertiary/aromatic N) is 2. The summed E-state index contributed by atoms with van der Waals surface area (Å²) in [7, 11) is 2.95. The Bertz CT molecular complexity index is 1100. The van der Waals surface area contributed by atoms with E-state index in [0.29, 0.717) is 28.7 Å². The fourth-order valence-corrected chi connectivity index (χ4v) is 3.94. The first-order chi connectivity index (χ1) is 15.5. The molecule has 9 nitrogen and oxygen atoms in total. The molecule has 3 aromatic rings. The molecule has 1 heterocycles. The van der Waals surface area contributed by atoms with E-state index in [4.69, 9.17) is 14.2 Å². The summed E-state index contributed by atoms with van der Waals surface area (Å²) in [5, 5.41) is 3.00. The normalized spacial score (nSPS) is 10.5. The smallest absolute Gasteiger partial charge is 0.325 e. The number of esters is 1. The lowest BCUT2D eigenvalue weighted by Gasteiger charge is -2.17. The molecule has 1 aromatic heterocycles. The van der Waals surface area contributed by atoms with E-state index in [1.807, 2.05) is 31.2 Å². The number of aromatic nitrogens is 1. The van der Waals surface area contributed by atoms with Gasteiger partial charge in [0, 0.05) is 12.1 Å². The van der Waals surface area contributed by atoms with E-state index in [0.717, 1.165) is 10.2 Å². The van der Waals surface area contributed by atoms with Crippen LogP contribution >= 0.6 is 11.3 Å². The molecular weight excluding hydrogens is 434 g/mol. The van der Waals surface area contributed by atoms with Gasteiger partial charge in [0.1, 0.15) is 6.54 Å². The van der Waals surface area contributed by atoms with Gasteiger partial charge in [-0.3, -0.25) is 19.3 Å². The molecule has 0 spiro atoms. The molecule has 2 aromatic carbocycles. The monoisotopic (exact) mass is 457 g/mol. The zero-order chi connectivity index (χ0) is 23.1. The van der Waals surface area contributed by atoms with Gasteiger partial charge in [-0.1, -0.05) is 23.5 Å². The van der Waals surface area contributed by atoms with Gasteiger partial charge in [-0.25, -0.2) is 4.98 Å². The van der Waals surface area contributed by atoms with Gasteiger partial charge in [0.2, 0.25) is 0 Å². The first-order valence-corrected chi connectivity index (χ1v) is 10.6. The van der Waals surface area contributed by atoms with Gasteiger partial charge in [0.25, 0.3) is 11.8 Å². The van der Waals surface area contributed by atoms with Crippen molar-refractivity contribution in [2.24, 2.45) is 0 Å². The Morgan fingerprint density at radius 2 is 1.81 bits per heavy atom. The number of hydrogen-bond acceptors (Lipinski definition) is 8. The minimum atomic E-state index is -0.729. The molecular formula is C22H23N3O6S. The van der Waals surface area contributed by atoms with Crippen LogP contribution in [0.15, 0.2) is 42.5 Å². The van der Waals surface area contributed by atoms with Crippen LogP contribution in [0.2, 0.25) is 0 Å². The summed E-state index contributed by atoms with van der Waals surface area (Å²) in [6.45, 7) is 1.37. The lowest BCUT2D eigenvalue weighted by molar-refractivity contribution is -0.146. The van der Waals surface area contributed by atoms with Gasteiger partial charge in [-0.2, -0.15) is 0 Å². The second-order valence-electron chi connectivity index (χ2n) is 6.52. The third-order valence-corrected chi connectivity index (χ3v) is 5.59. The highest BCUT2D eigenvalue weighted by Gasteiger charge is 2.20. The Morgan fingerprint density at radius 3 is 2.50 bits per heavy atom. The Kier molecular flexibility index (Phi) is 7.61. The minimum absolute atomic E-state index is 0.291. The Balaban J connectivity index is 1.52. The maximum absolute atomic E-state index is 12.5. The van der Waals surface area contributed by atoms with E-state index in [1.165, 1.54) is 36.5 Å². The molecule has 0 saturated heterocycles. The number of fused-ring (bicyclic) bond motifs is 1. The summed E-state index contributed by atoms with van der Waals surface area (Å²) in [6.07, 6.45) is 0. The third-order valence-electron chi connectivity index (χ3n) is 4.53. The molecule has 0 aliphatic rings. The van der Waals surface area contributed by atoms with Gasteiger partial charge in [0.15, 0.2) is 23.2 Å². The van der Waals surface area contributed by atoms with Crippen molar-refractivity contribution in [3.8, 4) is 11.5 Å². The van der Waals surface area contributed by atoms with Crippen molar-refractivity contribution in [2.45, 2.75) is 6.92 Å². The number of para-hydroxylation sites is 1. The second-order valence-corrected chi connectivity index (χ2v) is 7.52. The zero-order valence-electron chi connectivity index (χ0n) is 17.9. The lowest BCUT2D eigenvalue weighted by Crippen LogP contribution is -2.36. The summed E-state index contributed by atoms with van der Waals surface area (Å²) < 4.78 is 16.3. The number of methoxy groups -OCH3 is 2. The van der Waals surface area contributed by atoms with Gasteiger partial charge in [-0.15, -0.1) is 0 Å². The molecule has 1 N–H and O–H groups in total. The zero-order valence-corrected chi connectivity index (χ0v) is 18.7. The van der Waals surface area contributed by atoms with E-state index in [2.05, 4.69) is 10.3 Å². The van der Waals surface area contributed by atoms with Crippen molar-refractivity contribution < 1.29 is 28.6 Å². The predicted molar refractivity (Wildman–Crippen MR) is 120 cm³/mol. The summed E-state index contributed by atoms with van der Waals surface area (Å²) >= 11 is 1.39. The maximum atomic E-state index is 12.5. The largest absolute Gasteiger partial charge is 0.493 e. The van der Waals surface area contributed by atoms with Crippen LogP contribution in [0.3, 0.4) is 0 Å². The topological polar surface area (TPSA) is 107 Å². The Labute approximate surface area is 188 Å². The highest BCUT2D eigenvalue weighted by atomic mass is 32.1. The van der Waals surface area contributed by atoms with Crippen LogP contribution in [0.25, 0.3) is 10.2 Å². The second kappa shape index (κ2) is 10.6. The average molecular weight is 458 g/mol. The van der Waals surface area contributed by atoms with E-state index in [1.54, 1.807) is 12.1 Å². The minimum Gasteiger partial charge on any atom is -0.493 e. The number of likely N-dealkylation sites (N-methyl/N-ethyl adjacent to an activating group) is 1. The molecule has 0 bridgehead atoms. The van der Waals surface area contributed by atoms with Crippen molar-refractivity contribution in [1.82, 2.24) is 10.3 Å². The molecule has 0 aliphatic carbocycles. The molecule has 0 unspecified atom stereocenters. The number of benzene rings is 2. The van der Waals surface area contributed by atoms with Crippen molar-refractivity contribution >= 4 is 44.5 Å². The standard InChI is InChI=1S/C22H23N3O6S/c1-4-25(22-24-15-7-5-6-8-18(15)32-22)19(26)13-31-20(27)12-23-21(28)14-9-10-16(29-2)17(11-14)30-3/h5-11H,4,12-13H2,1-3H3,(H,23,28). The first-order valence-electron chi connectivity index (χ1n) is 9.78. The van der Waals surface area contributed by atoms with Crippen molar-refractivity contribution in [3.05, 3.63) is 48.0 Å². The van der Waals surface area contributed by atoms with Crippen molar-refractivity contribution in [1.29, 1.82) is 0 Å². The number of hydrogen-bond donors (Lipinski definition) is 1. The van der Waals surface area contributed by atoms with Gasteiger partial charge in [0.05, 0.1) is 24.4 Å².